The minimum absolute atomic E-state index is 0.176. The van der Waals surface area contributed by atoms with Gasteiger partial charge in [-0.25, -0.2) is 0 Å². The van der Waals surface area contributed by atoms with Gasteiger partial charge in [-0.2, -0.15) is 13.2 Å². The van der Waals surface area contributed by atoms with Crippen molar-refractivity contribution < 1.29 is 27.6 Å². The van der Waals surface area contributed by atoms with Crippen molar-refractivity contribution in [3.8, 4) is 0 Å². The van der Waals surface area contributed by atoms with E-state index in [4.69, 9.17) is 0 Å². The summed E-state index contributed by atoms with van der Waals surface area (Å²) >= 11 is 0. The number of piperazine rings is 1. The monoisotopic (exact) mass is 371 g/mol. The summed E-state index contributed by atoms with van der Waals surface area (Å²) in [6.45, 7) is 4.36. The summed E-state index contributed by atoms with van der Waals surface area (Å²) in [6.07, 6.45) is -3.74. The van der Waals surface area contributed by atoms with Crippen molar-refractivity contribution >= 4 is 23.9 Å². The first-order valence-corrected chi connectivity index (χ1v) is 8.03. The highest BCUT2D eigenvalue weighted by Crippen LogP contribution is 2.30. The molecule has 0 aromatic heterocycles. The van der Waals surface area contributed by atoms with Crippen LogP contribution in [0.3, 0.4) is 0 Å². The Bertz CT molecular complexity index is 679. The van der Waals surface area contributed by atoms with Gasteiger partial charge in [-0.1, -0.05) is 0 Å². The molecule has 1 fully saturated rings. The minimum Gasteiger partial charge on any atom is -0.342 e. The van der Waals surface area contributed by atoms with Crippen molar-refractivity contribution in [1.29, 1.82) is 0 Å². The maximum Gasteiger partial charge on any atom is 0.416 e. The first-order valence-electron chi connectivity index (χ1n) is 8.03. The van der Waals surface area contributed by atoms with E-state index in [1.165, 1.54) is 18.7 Å². The van der Waals surface area contributed by atoms with Crippen LogP contribution in [0.25, 0.3) is 0 Å². The minimum atomic E-state index is -4.46. The Morgan fingerprint density at radius 3 is 2.04 bits per heavy atom. The molecule has 6 nitrogen and oxygen atoms in total. The zero-order valence-electron chi connectivity index (χ0n) is 14.5. The maximum absolute atomic E-state index is 12.6. The molecular formula is C17H20F3N3O3. The van der Waals surface area contributed by atoms with Crippen molar-refractivity contribution in [3.63, 3.8) is 0 Å². The molecule has 0 unspecified atom stereocenters. The summed E-state index contributed by atoms with van der Waals surface area (Å²) in [7, 11) is 0. The van der Waals surface area contributed by atoms with E-state index >= 15 is 0 Å². The van der Waals surface area contributed by atoms with Crippen LogP contribution in [-0.2, 0) is 20.6 Å². The molecule has 1 aromatic carbocycles. The van der Waals surface area contributed by atoms with Gasteiger partial charge in [-0.15, -0.1) is 0 Å². The van der Waals surface area contributed by atoms with E-state index in [1.807, 2.05) is 0 Å². The lowest BCUT2D eigenvalue weighted by molar-refractivity contribution is -0.148. The van der Waals surface area contributed by atoms with E-state index in [1.54, 1.807) is 4.90 Å². The number of hydrogen-bond acceptors (Lipinski definition) is 3. The SMILES string of the molecule is CC(C)(C(=O)Nc1ccc(C(F)(F)F)cc1)C(=O)N1CCN(C=O)CC1. The lowest BCUT2D eigenvalue weighted by Crippen LogP contribution is -2.54. The predicted molar refractivity (Wildman–Crippen MR) is 88.1 cm³/mol. The van der Waals surface area contributed by atoms with Crippen LogP contribution < -0.4 is 5.32 Å². The summed E-state index contributed by atoms with van der Waals surface area (Å²) in [5.41, 5.74) is -2.04. The molecule has 1 heterocycles. The zero-order valence-corrected chi connectivity index (χ0v) is 14.5. The average Bonchev–Trinajstić information content (AvgIpc) is 2.60. The van der Waals surface area contributed by atoms with Crippen LogP contribution in [0.15, 0.2) is 24.3 Å². The van der Waals surface area contributed by atoms with Crippen LogP contribution in [0, 0.1) is 5.41 Å². The number of carbonyl (C=O) groups excluding carboxylic acids is 3. The Hall–Kier alpha value is -2.58. The normalized spacial score (nSPS) is 15.6. The van der Waals surface area contributed by atoms with Crippen LogP contribution in [0.4, 0.5) is 18.9 Å². The number of benzene rings is 1. The lowest BCUT2D eigenvalue weighted by Gasteiger charge is -2.36. The summed E-state index contributed by atoms with van der Waals surface area (Å²) in [6, 6.07) is 4.01. The maximum atomic E-state index is 12.6. The van der Waals surface area contributed by atoms with Crippen LogP contribution >= 0.6 is 0 Å². The lowest BCUT2D eigenvalue weighted by atomic mass is 9.89. The standard InChI is InChI=1S/C17H20F3N3O3/c1-16(2,15(26)23-9-7-22(11-24)8-10-23)14(25)21-13-5-3-12(4-6-13)17(18,19)20/h3-6,11H,7-10H2,1-2H3,(H,21,25). The molecule has 0 saturated carbocycles. The molecule has 1 N–H and O–H groups in total. The van der Waals surface area contributed by atoms with Crippen molar-refractivity contribution in [2.75, 3.05) is 31.5 Å². The fourth-order valence-corrected chi connectivity index (χ4v) is 2.55. The molecule has 2 rings (SSSR count). The van der Waals surface area contributed by atoms with Crippen LogP contribution in [0.1, 0.15) is 19.4 Å². The molecule has 1 saturated heterocycles. The fourth-order valence-electron chi connectivity index (χ4n) is 2.55. The summed E-state index contributed by atoms with van der Waals surface area (Å²) in [4.78, 5) is 38.9. The van der Waals surface area contributed by atoms with Crippen molar-refractivity contribution in [2.24, 2.45) is 5.41 Å². The van der Waals surface area contributed by atoms with Gasteiger partial charge in [0.15, 0.2) is 0 Å². The average molecular weight is 371 g/mol. The fraction of sp³-hybridized carbons (Fsp3) is 0.471. The van der Waals surface area contributed by atoms with Gasteiger partial charge in [0.05, 0.1) is 5.56 Å². The van der Waals surface area contributed by atoms with Gasteiger partial charge in [-0.05, 0) is 38.1 Å². The number of nitrogens with zero attached hydrogens (tertiary/aromatic N) is 2. The Morgan fingerprint density at radius 1 is 1.04 bits per heavy atom. The van der Waals surface area contributed by atoms with Gasteiger partial charge in [-0.3, -0.25) is 14.4 Å². The van der Waals surface area contributed by atoms with E-state index in [0.717, 1.165) is 24.3 Å². The van der Waals surface area contributed by atoms with E-state index in [2.05, 4.69) is 5.32 Å². The largest absolute Gasteiger partial charge is 0.416 e. The summed E-state index contributed by atoms with van der Waals surface area (Å²) < 4.78 is 37.7. The Kier molecular flexibility index (Phi) is 5.58. The first kappa shape index (κ1) is 19.7. The Morgan fingerprint density at radius 2 is 1.58 bits per heavy atom. The van der Waals surface area contributed by atoms with E-state index in [9.17, 15) is 27.6 Å². The molecule has 0 radical (unpaired) electrons. The highest BCUT2D eigenvalue weighted by molar-refractivity contribution is 6.09. The highest BCUT2D eigenvalue weighted by Gasteiger charge is 2.40. The second-order valence-electron chi connectivity index (χ2n) is 6.59. The third kappa shape index (κ3) is 4.33. The number of anilines is 1. The Labute approximate surface area is 148 Å². The number of rotatable bonds is 4. The van der Waals surface area contributed by atoms with Crippen LogP contribution in [-0.4, -0.2) is 54.2 Å². The molecule has 0 spiro atoms. The number of halogens is 3. The van der Waals surface area contributed by atoms with E-state index in [-0.39, 0.29) is 5.69 Å². The van der Waals surface area contributed by atoms with Gasteiger partial charge in [0, 0.05) is 31.9 Å². The van der Waals surface area contributed by atoms with E-state index in [0.29, 0.717) is 32.6 Å². The van der Waals surface area contributed by atoms with Gasteiger partial charge in [0.2, 0.25) is 18.2 Å². The van der Waals surface area contributed by atoms with Gasteiger partial charge < -0.3 is 15.1 Å². The van der Waals surface area contributed by atoms with Gasteiger partial charge in [0.25, 0.3) is 0 Å². The van der Waals surface area contributed by atoms with E-state index < -0.39 is 29.0 Å². The number of hydrogen-bond donors (Lipinski definition) is 1. The molecule has 142 valence electrons. The first-order chi connectivity index (χ1) is 12.1. The number of alkyl halides is 3. The molecule has 0 atom stereocenters. The molecule has 0 bridgehead atoms. The quantitative estimate of drug-likeness (QED) is 0.650. The molecule has 1 aliphatic heterocycles. The molecule has 0 aliphatic carbocycles. The Balaban J connectivity index is 2.03. The number of carbonyl (C=O) groups is 3. The summed E-state index contributed by atoms with van der Waals surface area (Å²) in [5, 5.41) is 2.48. The smallest absolute Gasteiger partial charge is 0.342 e. The second-order valence-corrected chi connectivity index (χ2v) is 6.59. The molecule has 1 aromatic rings. The summed E-state index contributed by atoms with van der Waals surface area (Å²) in [5.74, 6) is -1.01. The zero-order chi connectivity index (χ0) is 19.5. The third-order valence-electron chi connectivity index (χ3n) is 4.32. The number of amides is 3. The molecule has 3 amide bonds. The van der Waals surface area contributed by atoms with Crippen molar-refractivity contribution in [3.05, 3.63) is 29.8 Å². The predicted octanol–water partition coefficient (Wildman–Crippen LogP) is 1.97. The van der Waals surface area contributed by atoms with Crippen molar-refractivity contribution in [2.45, 2.75) is 20.0 Å². The highest BCUT2D eigenvalue weighted by atomic mass is 19.4. The molecule has 26 heavy (non-hydrogen) atoms. The van der Waals surface area contributed by atoms with Gasteiger partial charge >= 0.3 is 6.18 Å². The van der Waals surface area contributed by atoms with Gasteiger partial charge in [0.1, 0.15) is 5.41 Å². The van der Waals surface area contributed by atoms with Crippen LogP contribution in [0.5, 0.6) is 0 Å². The topological polar surface area (TPSA) is 69.7 Å². The number of nitrogens with one attached hydrogen (secondary N) is 1. The second kappa shape index (κ2) is 7.35. The molecule has 9 heteroatoms. The third-order valence-corrected chi connectivity index (χ3v) is 4.32. The molecule has 1 aliphatic rings. The molecular weight excluding hydrogens is 351 g/mol. The van der Waals surface area contributed by atoms with Crippen LogP contribution in [0.2, 0.25) is 0 Å². The van der Waals surface area contributed by atoms with Crippen molar-refractivity contribution in [1.82, 2.24) is 9.80 Å².